The normalized spacial score (nSPS) is 49.5. The largest absolute Gasteiger partial charge is 0.550 e. The molecule has 5 unspecified atom stereocenters. The maximum absolute atomic E-state index is 10.5. The average Bonchev–Trinajstić information content (AvgIpc) is 3.15. The van der Waals surface area contributed by atoms with Crippen molar-refractivity contribution in [2.24, 2.45) is 17.8 Å². The molecule has 5 atom stereocenters. The van der Waals surface area contributed by atoms with Crippen LogP contribution in [-0.2, 0) is 9.53 Å². The lowest BCUT2D eigenvalue weighted by atomic mass is 9.83. The highest BCUT2D eigenvalue weighted by atomic mass is 16.6. The SMILES string of the molecule is C1CC2CC2C1.CC12CCC(C(=O)[O-])CC1O2. The van der Waals surface area contributed by atoms with Gasteiger partial charge in [-0.05, 0) is 44.4 Å². The monoisotopic (exact) mass is 237 g/mol. The molecule has 4 rings (SSSR count). The van der Waals surface area contributed by atoms with Crippen LogP contribution in [0.2, 0.25) is 0 Å². The summed E-state index contributed by atoms with van der Waals surface area (Å²) in [5.41, 5.74) is 0.0198. The number of carboxylic acids is 1. The van der Waals surface area contributed by atoms with Gasteiger partial charge in [-0.25, -0.2) is 0 Å². The number of aliphatic carboxylic acids is 1. The topological polar surface area (TPSA) is 52.7 Å². The van der Waals surface area contributed by atoms with Crippen LogP contribution < -0.4 is 5.11 Å². The Hall–Kier alpha value is -0.570. The van der Waals surface area contributed by atoms with E-state index < -0.39 is 5.97 Å². The van der Waals surface area contributed by atoms with Gasteiger partial charge >= 0.3 is 0 Å². The van der Waals surface area contributed by atoms with Crippen LogP contribution in [0.15, 0.2) is 0 Å². The third-order valence-electron chi connectivity index (χ3n) is 5.08. The summed E-state index contributed by atoms with van der Waals surface area (Å²) in [5, 5.41) is 10.5. The molecule has 3 aliphatic carbocycles. The highest BCUT2D eigenvalue weighted by molar-refractivity contribution is 5.68. The molecule has 3 heteroatoms. The molecule has 0 radical (unpaired) electrons. The van der Waals surface area contributed by atoms with Crippen molar-refractivity contribution < 1.29 is 14.6 Å². The Morgan fingerprint density at radius 3 is 2.35 bits per heavy atom. The molecule has 96 valence electrons. The predicted octanol–water partition coefficient (Wildman–Crippen LogP) is 1.50. The molecule has 0 aromatic carbocycles. The molecule has 17 heavy (non-hydrogen) atoms. The summed E-state index contributed by atoms with van der Waals surface area (Å²) in [4.78, 5) is 10.5. The smallest absolute Gasteiger partial charge is 0.0920 e. The van der Waals surface area contributed by atoms with Crippen molar-refractivity contribution in [1.82, 2.24) is 0 Å². The van der Waals surface area contributed by atoms with Crippen molar-refractivity contribution in [2.75, 3.05) is 0 Å². The van der Waals surface area contributed by atoms with E-state index in [9.17, 15) is 9.90 Å². The van der Waals surface area contributed by atoms with Crippen molar-refractivity contribution in [3.63, 3.8) is 0 Å². The molecule has 3 nitrogen and oxygen atoms in total. The van der Waals surface area contributed by atoms with Crippen LogP contribution in [0.3, 0.4) is 0 Å². The summed E-state index contributed by atoms with van der Waals surface area (Å²) >= 11 is 0. The third kappa shape index (κ3) is 2.35. The molecule has 0 spiro atoms. The quantitative estimate of drug-likeness (QED) is 0.649. The Bertz CT molecular complexity index is 319. The van der Waals surface area contributed by atoms with Gasteiger partial charge in [-0.3, -0.25) is 0 Å². The first-order valence-electron chi connectivity index (χ1n) is 6.97. The number of carbonyl (C=O) groups is 1. The number of carbonyl (C=O) groups excluding carboxylic acids is 1. The Balaban J connectivity index is 0.000000125. The van der Waals surface area contributed by atoms with Crippen molar-refractivity contribution in [1.29, 1.82) is 0 Å². The number of hydrogen-bond acceptors (Lipinski definition) is 3. The minimum absolute atomic E-state index is 0.0198. The number of epoxide rings is 1. The van der Waals surface area contributed by atoms with Crippen LogP contribution >= 0.6 is 0 Å². The van der Waals surface area contributed by atoms with Gasteiger partial charge in [-0.2, -0.15) is 0 Å². The van der Waals surface area contributed by atoms with Gasteiger partial charge < -0.3 is 14.6 Å². The maximum atomic E-state index is 10.5. The van der Waals surface area contributed by atoms with E-state index in [1.807, 2.05) is 6.92 Å². The number of carboxylic acid groups (broad SMARTS) is 1. The van der Waals surface area contributed by atoms with E-state index in [2.05, 4.69) is 0 Å². The molecule has 0 amide bonds. The highest BCUT2D eigenvalue weighted by Crippen LogP contribution is 2.51. The van der Waals surface area contributed by atoms with E-state index in [-0.39, 0.29) is 17.6 Å². The van der Waals surface area contributed by atoms with Gasteiger partial charge in [0.05, 0.1) is 11.7 Å². The van der Waals surface area contributed by atoms with Crippen LogP contribution in [-0.4, -0.2) is 17.7 Å². The molecule has 0 bridgehead atoms. The van der Waals surface area contributed by atoms with E-state index >= 15 is 0 Å². The lowest BCUT2D eigenvalue weighted by Crippen LogP contribution is -2.35. The Kier molecular flexibility index (Phi) is 2.69. The molecule has 1 saturated heterocycles. The molecule has 1 aliphatic heterocycles. The molecule has 4 aliphatic rings. The van der Waals surface area contributed by atoms with E-state index in [1.165, 1.54) is 18.3 Å². The van der Waals surface area contributed by atoms with Gasteiger partial charge in [0.15, 0.2) is 0 Å². The highest BCUT2D eigenvalue weighted by Gasteiger charge is 2.55. The summed E-state index contributed by atoms with van der Waals surface area (Å²) in [7, 11) is 0. The van der Waals surface area contributed by atoms with Crippen LogP contribution in [0.4, 0.5) is 0 Å². The second-order valence-electron chi connectivity index (χ2n) is 6.40. The number of ether oxygens (including phenoxy) is 1. The minimum atomic E-state index is -0.914. The van der Waals surface area contributed by atoms with E-state index in [0.29, 0.717) is 6.42 Å². The van der Waals surface area contributed by atoms with Crippen molar-refractivity contribution in [3.05, 3.63) is 0 Å². The average molecular weight is 237 g/mol. The molecule has 3 saturated carbocycles. The Labute approximate surface area is 103 Å². The van der Waals surface area contributed by atoms with Gasteiger partial charge in [0.25, 0.3) is 0 Å². The van der Waals surface area contributed by atoms with Gasteiger partial charge in [-0.1, -0.05) is 19.3 Å². The first-order valence-corrected chi connectivity index (χ1v) is 6.97. The lowest BCUT2D eigenvalue weighted by Gasteiger charge is -2.22. The Morgan fingerprint density at radius 1 is 1.24 bits per heavy atom. The third-order valence-corrected chi connectivity index (χ3v) is 5.08. The second kappa shape index (κ2) is 3.98. The molecular formula is C14H21O3-. The number of rotatable bonds is 1. The second-order valence-corrected chi connectivity index (χ2v) is 6.40. The fourth-order valence-electron chi connectivity index (χ4n) is 3.52. The van der Waals surface area contributed by atoms with Crippen molar-refractivity contribution in [2.45, 2.75) is 63.6 Å². The van der Waals surface area contributed by atoms with Gasteiger partial charge in [0, 0.05) is 11.9 Å². The van der Waals surface area contributed by atoms with E-state index in [0.717, 1.165) is 12.8 Å². The molecular weight excluding hydrogens is 216 g/mol. The first-order chi connectivity index (χ1) is 8.08. The fourth-order valence-corrected chi connectivity index (χ4v) is 3.52. The van der Waals surface area contributed by atoms with Crippen molar-refractivity contribution >= 4 is 5.97 Å². The van der Waals surface area contributed by atoms with E-state index in [1.54, 1.807) is 19.3 Å². The number of fused-ring (bicyclic) bond motifs is 2. The van der Waals surface area contributed by atoms with E-state index in [4.69, 9.17) is 4.74 Å². The zero-order chi connectivity index (χ0) is 12.0. The molecule has 4 fully saturated rings. The molecule has 0 N–H and O–H groups in total. The summed E-state index contributed by atoms with van der Waals surface area (Å²) in [5.74, 6) is 1.24. The summed E-state index contributed by atoms with van der Waals surface area (Å²) < 4.78 is 5.35. The van der Waals surface area contributed by atoms with Gasteiger partial charge in [-0.15, -0.1) is 0 Å². The lowest BCUT2D eigenvalue weighted by molar-refractivity contribution is -0.312. The van der Waals surface area contributed by atoms with Gasteiger partial charge in [0.2, 0.25) is 0 Å². The number of hydrogen-bond donors (Lipinski definition) is 0. The van der Waals surface area contributed by atoms with Gasteiger partial charge in [0.1, 0.15) is 0 Å². The maximum Gasteiger partial charge on any atom is 0.0920 e. The van der Waals surface area contributed by atoms with Crippen LogP contribution in [0.1, 0.15) is 51.9 Å². The van der Waals surface area contributed by atoms with Crippen molar-refractivity contribution in [3.8, 4) is 0 Å². The molecule has 0 aromatic rings. The predicted molar refractivity (Wildman–Crippen MR) is 61.1 cm³/mol. The zero-order valence-electron chi connectivity index (χ0n) is 10.5. The van der Waals surface area contributed by atoms with Crippen LogP contribution in [0.25, 0.3) is 0 Å². The minimum Gasteiger partial charge on any atom is -0.550 e. The Morgan fingerprint density at radius 2 is 1.94 bits per heavy atom. The van der Waals surface area contributed by atoms with Crippen LogP contribution in [0.5, 0.6) is 0 Å². The molecule has 1 heterocycles. The fraction of sp³-hybridized carbons (Fsp3) is 0.929. The summed E-state index contributed by atoms with van der Waals surface area (Å²) in [6.45, 7) is 2.04. The standard InChI is InChI=1S/C8H12O3.C6H10/c1-8-3-2-5(7(9)10)4-6(8)11-8;1-2-5-4-6(5)3-1/h5-6H,2-4H2,1H3,(H,9,10);5-6H,1-4H2/p-1. The summed E-state index contributed by atoms with van der Waals surface area (Å²) in [6.07, 6.45) is 8.67. The molecule has 0 aromatic heterocycles. The summed E-state index contributed by atoms with van der Waals surface area (Å²) in [6, 6.07) is 0. The zero-order valence-corrected chi connectivity index (χ0v) is 10.5. The first kappa shape index (κ1) is 11.5. The van der Waals surface area contributed by atoms with Crippen LogP contribution in [0, 0.1) is 17.8 Å².